The number of benzene rings is 1. The molecule has 4 heteroatoms. The minimum Gasteiger partial charge on any atom is -0.237 e. The summed E-state index contributed by atoms with van der Waals surface area (Å²) in [5.41, 5.74) is 2.88. The highest BCUT2D eigenvalue weighted by molar-refractivity contribution is 7.96. The molecule has 0 aliphatic heterocycles. The van der Waals surface area contributed by atoms with Crippen LogP contribution < -0.4 is 9.44 Å². The fourth-order valence-electron chi connectivity index (χ4n) is 3.42. The number of hydrogen-bond acceptors (Lipinski definition) is 1. The fraction of sp³-hybridized carbons (Fsp3) is 0.438. The molecule has 3 aliphatic rings. The average Bonchev–Trinajstić information content (AvgIpc) is 2.71. The molecule has 0 amide bonds. The van der Waals surface area contributed by atoms with Gasteiger partial charge in [-0.3, -0.25) is 0 Å². The van der Waals surface area contributed by atoms with E-state index in [4.69, 9.17) is 6.42 Å². The molecule has 0 heterocycles. The first-order valence-corrected chi connectivity index (χ1v) is 8.71. The van der Waals surface area contributed by atoms with E-state index < -0.39 is 9.89 Å². The second kappa shape index (κ2) is 5.25. The summed E-state index contributed by atoms with van der Waals surface area (Å²) in [5.74, 6) is 7.30. The molecule has 1 aromatic rings. The van der Waals surface area contributed by atoms with Crippen LogP contribution >= 0.6 is 0 Å². The van der Waals surface area contributed by atoms with Crippen molar-refractivity contribution >= 4 is 15.8 Å². The van der Waals surface area contributed by atoms with Gasteiger partial charge in [-0.25, -0.2) is 13.7 Å². The maximum atomic E-state index is 12.3. The summed E-state index contributed by atoms with van der Waals surface area (Å²) in [6, 6.07) is 8.90. The molecule has 3 aliphatic carbocycles. The normalized spacial score (nSPS) is 30.2. The molecule has 1 fully saturated rings. The summed E-state index contributed by atoms with van der Waals surface area (Å²) in [4.78, 5) is 0. The molecule has 3 unspecified atom stereocenters. The molecular formula is C16H20N2OS. The van der Waals surface area contributed by atoms with E-state index in [-0.39, 0.29) is 12.6 Å². The van der Waals surface area contributed by atoms with E-state index in [0.717, 1.165) is 12.8 Å². The lowest BCUT2D eigenvalue weighted by atomic mass is 9.69. The summed E-state index contributed by atoms with van der Waals surface area (Å²) in [7, 11) is -2.49. The van der Waals surface area contributed by atoms with Crippen molar-refractivity contribution in [3.63, 3.8) is 0 Å². The van der Waals surface area contributed by atoms with Crippen LogP contribution in [0.25, 0.3) is 0 Å². The molecule has 2 bridgehead atoms. The Hall–Kier alpha value is -1.28. The predicted molar refractivity (Wildman–Crippen MR) is 84.5 cm³/mol. The minimum atomic E-state index is -2.49. The van der Waals surface area contributed by atoms with Gasteiger partial charge in [0.25, 0.3) is 0 Å². The van der Waals surface area contributed by atoms with E-state index >= 15 is 0 Å². The molecule has 20 heavy (non-hydrogen) atoms. The second-order valence-corrected chi connectivity index (χ2v) is 7.65. The monoisotopic (exact) mass is 288 g/mol. The quantitative estimate of drug-likeness (QED) is 0.633. The van der Waals surface area contributed by atoms with Gasteiger partial charge in [0.05, 0.1) is 16.4 Å². The van der Waals surface area contributed by atoms with Crippen molar-refractivity contribution in [2.75, 3.05) is 6.54 Å². The summed E-state index contributed by atoms with van der Waals surface area (Å²) >= 11 is 0. The predicted octanol–water partition coefficient (Wildman–Crippen LogP) is 1.15. The zero-order chi connectivity index (χ0) is 14.2. The van der Waals surface area contributed by atoms with Crippen LogP contribution in [0, 0.1) is 24.2 Å². The molecule has 106 valence electrons. The molecule has 2 N–H and O–H groups in total. The first kappa shape index (κ1) is 13.7. The molecule has 0 saturated heterocycles. The van der Waals surface area contributed by atoms with Gasteiger partial charge in [-0.05, 0) is 48.1 Å². The number of nitrogens with one attached hydrogen (secondary N) is 2. The SMILES string of the molecule is C#CCNS(=C)(=O)NC1C2Cc3ccccc3CC1C2. The first-order chi connectivity index (χ1) is 9.59. The Kier molecular flexibility index (Phi) is 3.59. The number of rotatable bonds is 4. The van der Waals surface area contributed by atoms with Gasteiger partial charge in [0.1, 0.15) is 0 Å². The van der Waals surface area contributed by atoms with Gasteiger partial charge in [-0.15, -0.1) is 6.42 Å². The molecule has 4 rings (SSSR count). The van der Waals surface area contributed by atoms with Crippen LogP contribution in [0.5, 0.6) is 0 Å². The Morgan fingerprint density at radius 2 is 1.90 bits per heavy atom. The van der Waals surface area contributed by atoms with Crippen LogP contribution in [-0.2, 0) is 22.7 Å². The van der Waals surface area contributed by atoms with Gasteiger partial charge >= 0.3 is 0 Å². The Bertz CT molecular complexity index is 614. The topological polar surface area (TPSA) is 41.1 Å². The average molecular weight is 288 g/mol. The summed E-state index contributed by atoms with van der Waals surface area (Å²) < 4.78 is 18.4. The van der Waals surface area contributed by atoms with E-state index in [1.807, 2.05) is 0 Å². The molecule has 0 aromatic heterocycles. The molecule has 3 nitrogen and oxygen atoms in total. The standard InChI is InChI=1S/C16H20N2OS/c1-3-8-17-20(2,19)18-16-14-9-12-6-4-5-7-13(12)10-15(16)11-14/h1,4-7,14-16H,2,8-11H2,(H2,17,18,19). The summed E-state index contributed by atoms with van der Waals surface area (Å²) in [5, 5.41) is 0. The Morgan fingerprint density at radius 3 is 2.45 bits per heavy atom. The Labute approximate surface area is 121 Å². The van der Waals surface area contributed by atoms with Crippen molar-refractivity contribution < 1.29 is 4.21 Å². The molecule has 0 radical (unpaired) electrons. The molecule has 1 saturated carbocycles. The van der Waals surface area contributed by atoms with Gasteiger partial charge < -0.3 is 0 Å². The lowest BCUT2D eigenvalue weighted by Gasteiger charge is -2.44. The highest BCUT2D eigenvalue weighted by Crippen LogP contribution is 2.43. The minimum absolute atomic E-state index is 0.275. The third kappa shape index (κ3) is 2.62. The molecule has 0 spiro atoms. The number of hydrogen-bond donors (Lipinski definition) is 2. The summed E-state index contributed by atoms with van der Waals surface area (Å²) in [6.07, 6.45) is 8.53. The maximum Gasteiger partial charge on any atom is 0.0862 e. The highest BCUT2D eigenvalue weighted by Gasteiger charge is 2.44. The van der Waals surface area contributed by atoms with Gasteiger partial charge in [0.2, 0.25) is 0 Å². The van der Waals surface area contributed by atoms with E-state index in [0.29, 0.717) is 11.8 Å². The fourth-order valence-corrected chi connectivity index (χ4v) is 4.65. The maximum absolute atomic E-state index is 12.3. The Morgan fingerprint density at radius 1 is 1.30 bits per heavy atom. The van der Waals surface area contributed by atoms with Crippen molar-refractivity contribution in [3.8, 4) is 12.3 Å². The van der Waals surface area contributed by atoms with Crippen LogP contribution in [0.4, 0.5) is 0 Å². The molecular weight excluding hydrogens is 268 g/mol. The van der Waals surface area contributed by atoms with E-state index in [9.17, 15) is 4.21 Å². The van der Waals surface area contributed by atoms with Crippen LogP contribution in [-0.4, -0.2) is 22.7 Å². The van der Waals surface area contributed by atoms with Crippen LogP contribution in [0.1, 0.15) is 17.5 Å². The van der Waals surface area contributed by atoms with Crippen molar-refractivity contribution in [3.05, 3.63) is 35.4 Å². The van der Waals surface area contributed by atoms with Crippen LogP contribution in [0.15, 0.2) is 24.3 Å². The third-order valence-electron chi connectivity index (χ3n) is 4.44. The van der Waals surface area contributed by atoms with E-state index in [1.165, 1.54) is 17.5 Å². The second-order valence-electron chi connectivity index (χ2n) is 5.78. The highest BCUT2D eigenvalue weighted by atomic mass is 32.2. The van der Waals surface area contributed by atoms with Gasteiger partial charge in [0.15, 0.2) is 0 Å². The number of terminal acetylenes is 1. The van der Waals surface area contributed by atoms with E-state index in [2.05, 4.69) is 45.5 Å². The zero-order valence-electron chi connectivity index (χ0n) is 11.5. The largest absolute Gasteiger partial charge is 0.237 e. The van der Waals surface area contributed by atoms with Crippen LogP contribution in [0.2, 0.25) is 0 Å². The smallest absolute Gasteiger partial charge is 0.0862 e. The van der Waals surface area contributed by atoms with Crippen molar-refractivity contribution in [2.24, 2.45) is 11.8 Å². The lowest BCUT2D eigenvalue weighted by Crippen LogP contribution is -2.56. The summed E-state index contributed by atoms with van der Waals surface area (Å²) in [6.45, 7) is 0.275. The Balaban J connectivity index is 1.72. The van der Waals surface area contributed by atoms with E-state index in [1.54, 1.807) is 0 Å². The van der Waals surface area contributed by atoms with Crippen molar-refractivity contribution in [1.82, 2.24) is 9.44 Å². The van der Waals surface area contributed by atoms with Gasteiger partial charge in [-0.2, -0.15) is 0 Å². The third-order valence-corrected chi connectivity index (χ3v) is 5.70. The lowest BCUT2D eigenvalue weighted by molar-refractivity contribution is 0.139. The van der Waals surface area contributed by atoms with Crippen LogP contribution in [0.3, 0.4) is 0 Å². The van der Waals surface area contributed by atoms with Gasteiger partial charge in [-0.1, -0.05) is 30.2 Å². The van der Waals surface area contributed by atoms with Crippen molar-refractivity contribution in [1.29, 1.82) is 0 Å². The van der Waals surface area contributed by atoms with Crippen molar-refractivity contribution in [2.45, 2.75) is 25.3 Å². The zero-order valence-corrected chi connectivity index (χ0v) is 12.3. The first-order valence-electron chi connectivity index (χ1n) is 6.98. The van der Waals surface area contributed by atoms with Gasteiger partial charge in [0, 0.05) is 6.04 Å². The molecule has 3 atom stereocenters. The molecule has 1 aromatic carbocycles.